The number of ether oxygens (including phenoxy) is 5. The number of oxime groups is 1. The van der Waals surface area contributed by atoms with Crippen molar-refractivity contribution in [2.75, 3.05) is 59.3 Å². The SMILES string of the molecule is C=CCO[C@@]12Oc3ccc(OC(=O)NCC)cc3[C@H]3[C@H](CCCCO)[C@@H](CCCCO)C=C(C(=NOCc4ccc([N+](=O)[O-])cc4)C[C@@H]1N(CCOCCO)C(=O)OCCCCCCCCCCCC)[C@H]32. The summed E-state index contributed by atoms with van der Waals surface area (Å²) in [4.78, 5) is 46.4. The lowest BCUT2D eigenvalue weighted by Gasteiger charge is -2.59. The van der Waals surface area contributed by atoms with Crippen molar-refractivity contribution in [3.8, 4) is 11.5 Å². The number of hydrogen-bond donors (Lipinski definition) is 4. The summed E-state index contributed by atoms with van der Waals surface area (Å²) in [5.41, 5.74) is 2.71. The number of rotatable bonds is 34. The summed E-state index contributed by atoms with van der Waals surface area (Å²) in [6.07, 6.45) is 18.1. The second kappa shape index (κ2) is 30.7. The lowest BCUT2D eigenvalue weighted by Crippen LogP contribution is -2.70. The molecule has 1 saturated carbocycles. The first-order valence-electron chi connectivity index (χ1n) is 26.2. The van der Waals surface area contributed by atoms with Crippen LogP contribution >= 0.6 is 0 Å². The van der Waals surface area contributed by atoms with E-state index in [1.165, 1.54) is 50.7 Å². The number of fused-ring (bicyclic) bond motifs is 2. The highest BCUT2D eigenvalue weighted by Gasteiger charge is 2.65. The third-order valence-corrected chi connectivity index (χ3v) is 13.8. The van der Waals surface area contributed by atoms with E-state index in [0.29, 0.717) is 61.4 Å². The van der Waals surface area contributed by atoms with Crippen molar-refractivity contribution in [3.63, 3.8) is 0 Å². The lowest BCUT2D eigenvalue weighted by molar-refractivity contribution is -0.384. The number of carbonyl (C=O) groups excluding carboxylic acids is 2. The number of aliphatic hydroxyl groups excluding tert-OH is 3. The van der Waals surface area contributed by atoms with Crippen LogP contribution in [0, 0.1) is 27.9 Å². The minimum Gasteiger partial charge on any atom is -0.459 e. The molecule has 1 fully saturated rings. The van der Waals surface area contributed by atoms with Gasteiger partial charge in [0, 0.05) is 56.3 Å². The van der Waals surface area contributed by atoms with E-state index >= 15 is 0 Å². The van der Waals surface area contributed by atoms with E-state index in [-0.39, 0.29) is 83.3 Å². The standard InChI is InChI=1S/C54H80N4O13/c1-4-7-8-9-10-11-12-13-14-19-33-67-53(63)57(28-34-66-35-31-61)49-38-47(56-69-39-40-22-24-42(25-23-40)58(64)65)45-36-41(20-15-17-29-59)44(21-16-18-30-60)50-46-37-43(70-52(62)55-6-3)26-27-48(46)71-54(49,51(45)50)68-32-5-2/h5,22-27,36-37,41,44,49-51,59-61H,2,4,6-21,28-35,38-39H2,1,3H3,(H,55,62)/t41-,44+,49-,50+,51+,54+/m0/s1. The number of nitrogens with one attached hydrogen (secondary N) is 1. The van der Waals surface area contributed by atoms with Crippen LogP contribution in [0.25, 0.3) is 0 Å². The van der Waals surface area contributed by atoms with Crippen molar-refractivity contribution in [1.29, 1.82) is 0 Å². The molecule has 0 radical (unpaired) electrons. The van der Waals surface area contributed by atoms with Crippen molar-refractivity contribution >= 4 is 23.6 Å². The van der Waals surface area contributed by atoms with Crippen LogP contribution in [0.1, 0.15) is 140 Å². The average Bonchev–Trinajstić information content (AvgIpc) is 3.36. The van der Waals surface area contributed by atoms with E-state index in [2.05, 4.69) is 24.9 Å². The number of non-ortho nitro benzene ring substituents is 1. The molecule has 0 saturated heterocycles. The Labute approximate surface area is 420 Å². The number of hydrogen-bond acceptors (Lipinski definition) is 14. The number of nitro benzene ring substituents is 1. The van der Waals surface area contributed by atoms with Crippen LogP contribution in [-0.2, 0) is 25.7 Å². The summed E-state index contributed by atoms with van der Waals surface area (Å²) in [7, 11) is 0. The van der Waals surface area contributed by atoms with E-state index in [0.717, 1.165) is 43.2 Å². The van der Waals surface area contributed by atoms with Crippen molar-refractivity contribution in [2.45, 2.75) is 147 Å². The van der Waals surface area contributed by atoms with Crippen LogP contribution in [0.15, 0.2) is 71.9 Å². The van der Waals surface area contributed by atoms with Crippen LogP contribution < -0.4 is 14.8 Å². The number of allylic oxidation sites excluding steroid dienone is 1. The molecular weight excluding hydrogens is 913 g/mol. The fourth-order valence-corrected chi connectivity index (χ4v) is 10.4. The van der Waals surface area contributed by atoms with Crippen LogP contribution in [0.3, 0.4) is 0 Å². The van der Waals surface area contributed by atoms with E-state index in [1.807, 2.05) is 6.07 Å². The quantitative estimate of drug-likeness (QED) is 0.0222. The third-order valence-electron chi connectivity index (χ3n) is 13.8. The third kappa shape index (κ3) is 16.2. The van der Waals surface area contributed by atoms with Gasteiger partial charge in [-0.25, -0.2) is 9.59 Å². The van der Waals surface area contributed by atoms with Gasteiger partial charge < -0.3 is 49.2 Å². The average molecular weight is 993 g/mol. The van der Waals surface area contributed by atoms with Gasteiger partial charge in [0.05, 0.1) is 49.6 Å². The van der Waals surface area contributed by atoms with Crippen molar-refractivity contribution in [1.82, 2.24) is 10.2 Å². The summed E-state index contributed by atoms with van der Waals surface area (Å²) in [5, 5.41) is 48.6. The Morgan fingerprint density at radius 3 is 2.27 bits per heavy atom. The fraction of sp³-hybridized carbons (Fsp3) is 0.648. The number of unbranched alkanes of at least 4 members (excludes halogenated alkanes) is 11. The molecule has 394 valence electrons. The highest BCUT2D eigenvalue weighted by molar-refractivity contribution is 6.03. The van der Waals surface area contributed by atoms with Crippen LogP contribution in [0.5, 0.6) is 11.5 Å². The molecule has 0 spiro atoms. The molecular formula is C54H80N4O13. The van der Waals surface area contributed by atoms with Crippen LogP contribution in [0.4, 0.5) is 15.3 Å². The Hall–Kier alpha value is -5.07. The van der Waals surface area contributed by atoms with Gasteiger partial charge in [0.25, 0.3) is 5.69 Å². The highest BCUT2D eigenvalue weighted by atomic mass is 16.7. The Morgan fingerprint density at radius 2 is 1.61 bits per heavy atom. The monoisotopic (exact) mass is 993 g/mol. The molecule has 2 amide bonds. The summed E-state index contributed by atoms with van der Waals surface area (Å²) in [6, 6.07) is 10.4. The topological polar surface area (TPSA) is 221 Å². The van der Waals surface area contributed by atoms with E-state index in [4.69, 9.17) is 33.7 Å². The van der Waals surface area contributed by atoms with E-state index in [9.17, 15) is 35.0 Å². The second-order valence-corrected chi connectivity index (χ2v) is 18.7. The van der Waals surface area contributed by atoms with Gasteiger partial charge in [-0.15, -0.1) is 6.58 Å². The number of benzene rings is 2. The van der Waals surface area contributed by atoms with Gasteiger partial charge in [0.2, 0.25) is 5.79 Å². The van der Waals surface area contributed by atoms with Crippen molar-refractivity contribution in [2.24, 2.45) is 22.9 Å². The van der Waals surface area contributed by atoms with Crippen LogP contribution in [-0.4, -0.2) is 114 Å². The molecule has 2 aliphatic carbocycles. The molecule has 17 nitrogen and oxygen atoms in total. The molecule has 71 heavy (non-hydrogen) atoms. The minimum atomic E-state index is -1.59. The number of nitrogens with zero attached hydrogens (tertiary/aromatic N) is 3. The maximum absolute atomic E-state index is 14.8. The molecule has 0 aromatic heterocycles. The Balaban J connectivity index is 1.63. The molecule has 0 bridgehead atoms. The number of amides is 2. The van der Waals surface area contributed by atoms with Gasteiger partial charge in [-0.2, -0.15) is 0 Å². The Bertz CT molecular complexity index is 2010. The normalized spacial score (nSPS) is 21.6. The van der Waals surface area contributed by atoms with Crippen molar-refractivity contribution < 1.29 is 58.4 Å². The first kappa shape index (κ1) is 56.8. The van der Waals surface area contributed by atoms with Gasteiger partial charge in [-0.3, -0.25) is 15.0 Å². The number of carbonyl (C=O) groups is 2. The highest BCUT2D eigenvalue weighted by Crippen LogP contribution is 2.62. The van der Waals surface area contributed by atoms with Crippen LogP contribution in [0.2, 0.25) is 0 Å². The zero-order chi connectivity index (χ0) is 50.9. The molecule has 3 aliphatic rings. The first-order chi connectivity index (χ1) is 34.7. The molecule has 1 aliphatic heterocycles. The molecule has 5 rings (SSSR count). The molecule has 1 heterocycles. The number of aliphatic hydroxyl groups is 3. The molecule has 17 heteroatoms. The largest absolute Gasteiger partial charge is 0.459 e. The molecule has 4 N–H and O–H groups in total. The van der Waals surface area contributed by atoms with Gasteiger partial charge in [-0.05, 0) is 92.3 Å². The lowest BCUT2D eigenvalue weighted by atomic mass is 9.55. The van der Waals surface area contributed by atoms with Gasteiger partial charge in [0.1, 0.15) is 24.1 Å². The van der Waals surface area contributed by atoms with Gasteiger partial charge >= 0.3 is 12.2 Å². The van der Waals surface area contributed by atoms with Gasteiger partial charge in [-0.1, -0.05) is 94.9 Å². The predicted octanol–water partition coefficient (Wildman–Crippen LogP) is 9.91. The summed E-state index contributed by atoms with van der Waals surface area (Å²) in [6.45, 7) is 8.68. The second-order valence-electron chi connectivity index (χ2n) is 18.7. The molecule has 6 atom stereocenters. The molecule has 0 unspecified atom stereocenters. The molecule has 2 aromatic rings. The predicted molar refractivity (Wildman–Crippen MR) is 270 cm³/mol. The minimum absolute atomic E-state index is 0.00513. The Kier molecular flexibility index (Phi) is 24.6. The smallest absolute Gasteiger partial charge is 0.412 e. The van der Waals surface area contributed by atoms with E-state index in [1.54, 1.807) is 42.2 Å². The fourth-order valence-electron chi connectivity index (χ4n) is 10.4. The van der Waals surface area contributed by atoms with E-state index < -0.39 is 40.8 Å². The summed E-state index contributed by atoms with van der Waals surface area (Å²) in [5.74, 6) is -1.99. The van der Waals surface area contributed by atoms with Crippen molar-refractivity contribution in [3.05, 3.63) is 88.0 Å². The number of nitro groups is 1. The first-order valence-corrected chi connectivity index (χ1v) is 26.2. The zero-order valence-corrected chi connectivity index (χ0v) is 42.1. The van der Waals surface area contributed by atoms with Gasteiger partial charge in [0.15, 0.2) is 0 Å². The Morgan fingerprint density at radius 1 is 0.901 bits per heavy atom. The molecule has 2 aromatic carbocycles. The zero-order valence-electron chi connectivity index (χ0n) is 42.1. The summed E-state index contributed by atoms with van der Waals surface area (Å²) < 4.78 is 32.1. The maximum Gasteiger partial charge on any atom is 0.412 e. The summed E-state index contributed by atoms with van der Waals surface area (Å²) >= 11 is 0. The maximum atomic E-state index is 14.8.